The Morgan fingerprint density at radius 1 is 0.909 bits per heavy atom. The standard InChI is InChI=1S/C25H26N2O5S/c1-33(31,32)19-10-12-22-16(14-19)6-5-13-26(22)23(28)17-9-11-20-21(15-17)25(30)27(24(20)29)18-7-3-2-4-8-18/h9-12,14-15,18H,2-8,13H2,1H3. The quantitative estimate of drug-likeness (QED) is 0.645. The van der Waals surface area contributed by atoms with E-state index in [1.807, 2.05) is 0 Å². The van der Waals surface area contributed by atoms with E-state index in [1.54, 1.807) is 35.2 Å². The fourth-order valence-corrected chi connectivity index (χ4v) is 5.91. The zero-order valence-electron chi connectivity index (χ0n) is 18.5. The number of hydrogen-bond acceptors (Lipinski definition) is 5. The molecule has 1 saturated carbocycles. The molecule has 33 heavy (non-hydrogen) atoms. The molecular formula is C25H26N2O5S. The molecule has 0 saturated heterocycles. The molecule has 1 aliphatic carbocycles. The molecule has 0 N–H and O–H groups in total. The smallest absolute Gasteiger partial charge is 0.261 e. The molecule has 3 amide bonds. The lowest BCUT2D eigenvalue weighted by molar-refractivity contribution is 0.0548. The van der Waals surface area contributed by atoms with E-state index in [2.05, 4.69) is 0 Å². The van der Waals surface area contributed by atoms with Gasteiger partial charge in [0.25, 0.3) is 17.7 Å². The summed E-state index contributed by atoms with van der Waals surface area (Å²) in [6.07, 6.45) is 7.38. The number of rotatable bonds is 3. The highest BCUT2D eigenvalue weighted by Crippen LogP contribution is 2.34. The van der Waals surface area contributed by atoms with Gasteiger partial charge in [0.2, 0.25) is 0 Å². The number of nitrogens with zero attached hydrogens (tertiary/aromatic N) is 2. The van der Waals surface area contributed by atoms with E-state index in [0.717, 1.165) is 37.7 Å². The number of benzene rings is 2. The number of carbonyl (C=O) groups is 3. The van der Waals surface area contributed by atoms with Crippen molar-refractivity contribution < 1.29 is 22.8 Å². The van der Waals surface area contributed by atoms with Gasteiger partial charge in [-0.2, -0.15) is 0 Å². The Hall–Kier alpha value is -3.00. The molecule has 0 spiro atoms. The zero-order valence-corrected chi connectivity index (χ0v) is 19.4. The maximum atomic E-state index is 13.4. The van der Waals surface area contributed by atoms with Gasteiger partial charge in [-0.05, 0) is 67.6 Å². The van der Waals surface area contributed by atoms with Gasteiger partial charge >= 0.3 is 0 Å². The Bertz CT molecular complexity index is 1280. The van der Waals surface area contributed by atoms with Crippen molar-refractivity contribution in [3.63, 3.8) is 0 Å². The number of aryl methyl sites for hydroxylation is 1. The van der Waals surface area contributed by atoms with Gasteiger partial charge in [-0.3, -0.25) is 19.3 Å². The maximum Gasteiger partial charge on any atom is 0.261 e. The highest BCUT2D eigenvalue weighted by Gasteiger charge is 2.40. The first kappa shape index (κ1) is 21.8. The van der Waals surface area contributed by atoms with Crippen LogP contribution >= 0.6 is 0 Å². The average molecular weight is 467 g/mol. The number of anilines is 1. The monoisotopic (exact) mass is 466 g/mol. The van der Waals surface area contributed by atoms with Crippen molar-refractivity contribution in [3.8, 4) is 0 Å². The molecule has 0 unspecified atom stereocenters. The van der Waals surface area contributed by atoms with Crippen molar-refractivity contribution in [1.29, 1.82) is 0 Å². The third-order valence-electron chi connectivity index (χ3n) is 6.95. The van der Waals surface area contributed by atoms with E-state index >= 15 is 0 Å². The summed E-state index contributed by atoms with van der Waals surface area (Å²) in [6.45, 7) is 0.502. The lowest BCUT2D eigenvalue weighted by Gasteiger charge is -2.30. The Kier molecular flexibility index (Phi) is 5.35. The molecule has 2 aliphatic heterocycles. The van der Waals surface area contributed by atoms with Gasteiger partial charge in [0.15, 0.2) is 9.84 Å². The summed E-state index contributed by atoms with van der Waals surface area (Å²) < 4.78 is 23.8. The van der Waals surface area contributed by atoms with Gasteiger partial charge in [0.05, 0.1) is 16.0 Å². The van der Waals surface area contributed by atoms with Crippen molar-refractivity contribution in [2.75, 3.05) is 17.7 Å². The summed E-state index contributed by atoms with van der Waals surface area (Å²) in [5.41, 5.74) is 2.50. The van der Waals surface area contributed by atoms with Gasteiger partial charge in [-0.1, -0.05) is 19.3 Å². The number of amides is 3. The van der Waals surface area contributed by atoms with Crippen LogP contribution in [-0.4, -0.2) is 49.9 Å². The minimum absolute atomic E-state index is 0.0664. The lowest BCUT2D eigenvalue weighted by Crippen LogP contribution is -2.40. The van der Waals surface area contributed by atoms with Gasteiger partial charge in [-0.15, -0.1) is 0 Å². The van der Waals surface area contributed by atoms with Gasteiger partial charge in [0, 0.05) is 30.1 Å². The molecule has 2 aromatic rings. The molecule has 8 heteroatoms. The van der Waals surface area contributed by atoms with Crippen LogP contribution in [0.25, 0.3) is 0 Å². The third-order valence-corrected chi connectivity index (χ3v) is 8.06. The molecule has 5 rings (SSSR count). The number of hydrogen-bond donors (Lipinski definition) is 0. The summed E-state index contributed by atoms with van der Waals surface area (Å²) >= 11 is 0. The number of sulfone groups is 1. The molecule has 2 heterocycles. The predicted molar refractivity (Wildman–Crippen MR) is 123 cm³/mol. The van der Waals surface area contributed by atoms with Crippen LogP contribution in [-0.2, 0) is 16.3 Å². The SMILES string of the molecule is CS(=O)(=O)c1ccc2c(c1)CCCN2C(=O)c1ccc2c(c1)C(=O)N(C1CCCCC1)C2=O. The number of imide groups is 1. The van der Waals surface area contributed by atoms with Crippen LogP contribution in [0.4, 0.5) is 5.69 Å². The molecule has 3 aliphatic rings. The van der Waals surface area contributed by atoms with E-state index in [4.69, 9.17) is 0 Å². The first-order valence-corrected chi connectivity index (χ1v) is 13.3. The first-order valence-electron chi connectivity index (χ1n) is 11.4. The van der Waals surface area contributed by atoms with Gasteiger partial charge in [-0.25, -0.2) is 8.42 Å². The maximum absolute atomic E-state index is 13.4. The van der Waals surface area contributed by atoms with Crippen LogP contribution in [0.5, 0.6) is 0 Å². The van der Waals surface area contributed by atoms with E-state index in [0.29, 0.717) is 41.8 Å². The van der Waals surface area contributed by atoms with E-state index < -0.39 is 9.84 Å². The second-order valence-electron chi connectivity index (χ2n) is 9.16. The van der Waals surface area contributed by atoms with Crippen molar-refractivity contribution in [2.45, 2.75) is 55.9 Å². The van der Waals surface area contributed by atoms with Crippen LogP contribution in [0.3, 0.4) is 0 Å². The molecule has 0 radical (unpaired) electrons. The van der Waals surface area contributed by atoms with Crippen LogP contribution in [0.15, 0.2) is 41.3 Å². The fourth-order valence-electron chi connectivity index (χ4n) is 5.23. The minimum atomic E-state index is -3.34. The Morgan fingerprint density at radius 3 is 2.36 bits per heavy atom. The Balaban J connectivity index is 1.45. The highest BCUT2D eigenvalue weighted by atomic mass is 32.2. The summed E-state index contributed by atoms with van der Waals surface area (Å²) in [4.78, 5) is 42.7. The van der Waals surface area contributed by atoms with Crippen LogP contribution in [0.2, 0.25) is 0 Å². The predicted octanol–water partition coefficient (Wildman–Crippen LogP) is 3.61. The van der Waals surface area contributed by atoms with Gasteiger partial charge < -0.3 is 4.90 Å². The highest BCUT2D eigenvalue weighted by molar-refractivity contribution is 7.90. The third kappa shape index (κ3) is 3.76. The lowest BCUT2D eigenvalue weighted by atomic mass is 9.94. The second kappa shape index (κ2) is 8.09. The molecule has 7 nitrogen and oxygen atoms in total. The van der Waals surface area contributed by atoms with Gasteiger partial charge in [0.1, 0.15) is 0 Å². The minimum Gasteiger partial charge on any atom is -0.308 e. The normalized spacial score (nSPS) is 18.9. The van der Waals surface area contributed by atoms with E-state index in [9.17, 15) is 22.8 Å². The topological polar surface area (TPSA) is 91.8 Å². The Labute approximate surface area is 193 Å². The molecule has 1 fully saturated rings. The Morgan fingerprint density at radius 2 is 1.64 bits per heavy atom. The zero-order chi connectivity index (χ0) is 23.3. The van der Waals surface area contributed by atoms with Crippen LogP contribution in [0.1, 0.15) is 75.2 Å². The van der Waals surface area contributed by atoms with Crippen molar-refractivity contribution in [2.24, 2.45) is 0 Å². The summed E-state index contributed by atoms with van der Waals surface area (Å²) in [7, 11) is -3.34. The van der Waals surface area contributed by atoms with Crippen molar-refractivity contribution >= 4 is 33.2 Å². The molecule has 0 bridgehead atoms. The summed E-state index contributed by atoms with van der Waals surface area (Å²) in [5, 5.41) is 0. The molecule has 2 aromatic carbocycles. The average Bonchev–Trinajstić information content (AvgIpc) is 3.07. The van der Waals surface area contributed by atoms with Crippen molar-refractivity contribution in [3.05, 3.63) is 58.7 Å². The molecule has 0 aromatic heterocycles. The fraction of sp³-hybridized carbons (Fsp3) is 0.400. The largest absolute Gasteiger partial charge is 0.308 e. The summed E-state index contributed by atoms with van der Waals surface area (Å²) in [5.74, 6) is -0.840. The second-order valence-corrected chi connectivity index (χ2v) is 11.2. The number of carbonyl (C=O) groups excluding carboxylic acids is 3. The van der Waals surface area contributed by atoms with E-state index in [-0.39, 0.29) is 28.7 Å². The van der Waals surface area contributed by atoms with Crippen molar-refractivity contribution in [1.82, 2.24) is 4.90 Å². The molecule has 0 atom stereocenters. The molecular weight excluding hydrogens is 440 g/mol. The molecule has 172 valence electrons. The first-order chi connectivity index (χ1) is 15.8. The van der Waals surface area contributed by atoms with Crippen LogP contribution in [0, 0.1) is 0 Å². The van der Waals surface area contributed by atoms with Crippen LogP contribution < -0.4 is 4.90 Å². The van der Waals surface area contributed by atoms with E-state index in [1.165, 1.54) is 17.2 Å². The summed E-state index contributed by atoms with van der Waals surface area (Å²) in [6, 6.07) is 9.50. The number of fused-ring (bicyclic) bond motifs is 2.